The smallest absolute Gasteiger partial charge is 0.233 e. The van der Waals surface area contributed by atoms with Crippen LogP contribution in [0.3, 0.4) is 0 Å². The molecule has 2 aromatic rings. The van der Waals surface area contributed by atoms with Gasteiger partial charge in [0.15, 0.2) is 0 Å². The zero-order valence-electron chi connectivity index (χ0n) is 11.7. The Bertz CT molecular complexity index is 643. The fourth-order valence-electron chi connectivity index (χ4n) is 2.63. The molecule has 1 fully saturated rings. The number of imidazole rings is 1. The Kier molecular flexibility index (Phi) is 3.44. The molecule has 5 heteroatoms. The Balaban J connectivity index is 1.76. The Morgan fingerprint density at radius 2 is 2.30 bits per heavy atom. The lowest BCUT2D eigenvalue weighted by atomic mass is 10.1. The number of nitrogens with two attached hydrogens (primary N) is 1. The van der Waals surface area contributed by atoms with Gasteiger partial charge in [0, 0.05) is 12.6 Å². The maximum atomic E-state index is 11.1. The van der Waals surface area contributed by atoms with E-state index in [1.807, 2.05) is 0 Å². The number of amides is 1. The molecule has 1 aliphatic rings. The van der Waals surface area contributed by atoms with Gasteiger partial charge in [-0.3, -0.25) is 4.79 Å². The molecule has 1 aromatic heterocycles. The van der Waals surface area contributed by atoms with Crippen molar-refractivity contribution < 1.29 is 4.79 Å². The van der Waals surface area contributed by atoms with Crippen LogP contribution >= 0.6 is 0 Å². The van der Waals surface area contributed by atoms with E-state index in [4.69, 9.17) is 5.73 Å². The predicted molar refractivity (Wildman–Crippen MR) is 78.5 cm³/mol. The first-order valence-corrected chi connectivity index (χ1v) is 7.13. The van der Waals surface area contributed by atoms with Gasteiger partial charge in [-0.05, 0) is 43.9 Å². The molecule has 1 amide bonds. The molecule has 106 valence electrons. The standard InChI is InChI=1S/C15H20N4O/c1-10-18-13-8-11(6-7-17-15(20)9-16)2-5-14(13)19(10)12-3-4-12/h2,5,8,12H,3-4,6-7,9,16H2,1H3,(H,17,20). The van der Waals surface area contributed by atoms with E-state index in [0.717, 1.165) is 17.8 Å². The second-order valence-corrected chi connectivity index (χ2v) is 5.39. The summed E-state index contributed by atoms with van der Waals surface area (Å²) in [5, 5.41) is 2.78. The maximum Gasteiger partial charge on any atom is 0.233 e. The van der Waals surface area contributed by atoms with Crippen LogP contribution in [0, 0.1) is 6.92 Å². The van der Waals surface area contributed by atoms with Gasteiger partial charge in [0.1, 0.15) is 5.82 Å². The molecule has 1 aliphatic carbocycles. The van der Waals surface area contributed by atoms with Crippen LogP contribution in [0.2, 0.25) is 0 Å². The summed E-state index contributed by atoms with van der Waals surface area (Å²) in [6.45, 7) is 2.73. The number of carbonyl (C=O) groups is 1. The van der Waals surface area contributed by atoms with Crippen LogP contribution in [0.4, 0.5) is 0 Å². The van der Waals surface area contributed by atoms with Crippen LogP contribution in [-0.2, 0) is 11.2 Å². The van der Waals surface area contributed by atoms with E-state index in [1.165, 1.54) is 23.9 Å². The predicted octanol–water partition coefficient (Wildman–Crippen LogP) is 1.30. The normalized spacial score (nSPS) is 14.7. The van der Waals surface area contributed by atoms with Crippen molar-refractivity contribution in [2.24, 2.45) is 5.73 Å². The summed E-state index contributed by atoms with van der Waals surface area (Å²) in [5.74, 6) is 0.982. The van der Waals surface area contributed by atoms with Crippen molar-refractivity contribution in [3.63, 3.8) is 0 Å². The number of hydrogen-bond acceptors (Lipinski definition) is 3. The minimum atomic E-state index is -0.111. The molecule has 5 nitrogen and oxygen atoms in total. The van der Waals surface area contributed by atoms with Gasteiger partial charge in [-0.2, -0.15) is 0 Å². The number of aryl methyl sites for hydroxylation is 1. The molecule has 0 bridgehead atoms. The van der Waals surface area contributed by atoms with E-state index in [-0.39, 0.29) is 12.5 Å². The van der Waals surface area contributed by atoms with E-state index < -0.39 is 0 Å². The number of rotatable bonds is 5. The molecule has 1 heterocycles. The highest BCUT2D eigenvalue weighted by Crippen LogP contribution is 2.38. The van der Waals surface area contributed by atoms with Gasteiger partial charge in [-0.1, -0.05) is 6.07 Å². The van der Waals surface area contributed by atoms with Crippen LogP contribution < -0.4 is 11.1 Å². The van der Waals surface area contributed by atoms with Crippen LogP contribution in [-0.4, -0.2) is 28.5 Å². The molecule has 0 atom stereocenters. The maximum absolute atomic E-state index is 11.1. The van der Waals surface area contributed by atoms with Gasteiger partial charge in [-0.25, -0.2) is 4.98 Å². The second-order valence-electron chi connectivity index (χ2n) is 5.39. The number of fused-ring (bicyclic) bond motifs is 1. The van der Waals surface area contributed by atoms with Gasteiger partial charge < -0.3 is 15.6 Å². The third-order valence-corrected chi connectivity index (χ3v) is 3.76. The topological polar surface area (TPSA) is 72.9 Å². The fourth-order valence-corrected chi connectivity index (χ4v) is 2.63. The van der Waals surface area contributed by atoms with E-state index >= 15 is 0 Å². The van der Waals surface area contributed by atoms with Crippen LogP contribution in [0.5, 0.6) is 0 Å². The number of hydrogen-bond donors (Lipinski definition) is 2. The van der Waals surface area contributed by atoms with Crippen molar-refractivity contribution in [3.8, 4) is 0 Å². The SMILES string of the molecule is Cc1nc2cc(CCNC(=O)CN)ccc2n1C1CC1. The molecular formula is C15H20N4O. The first kappa shape index (κ1) is 13.1. The Morgan fingerprint density at radius 3 is 3.00 bits per heavy atom. The summed E-state index contributed by atoms with van der Waals surface area (Å²) in [4.78, 5) is 15.7. The van der Waals surface area contributed by atoms with Crippen molar-refractivity contribution in [1.82, 2.24) is 14.9 Å². The van der Waals surface area contributed by atoms with Crippen molar-refractivity contribution in [2.75, 3.05) is 13.1 Å². The van der Waals surface area contributed by atoms with Crippen molar-refractivity contribution in [2.45, 2.75) is 32.2 Å². The van der Waals surface area contributed by atoms with E-state index in [0.29, 0.717) is 12.6 Å². The second kappa shape index (κ2) is 5.25. The lowest BCUT2D eigenvalue weighted by Gasteiger charge is -2.06. The van der Waals surface area contributed by atoms with Crippen molar-refractivity contribution in [1.29, 1.82) is 0 Å². The third-order valence-electron chi connectivity index (χ3n) is 3.76. The lowest BCUT2D eigenvalue weighted by molar-refractivity contribution is -0.119. The fraction of sp³-hybridized carbons (Fsp3) is 0.467. The highest BCUT2D eigenvalue weighted by molar-refractivity contribution is 5.78. The summed E-state index contributed by atoms with van der Waals surface area (Å²) in [5.41, 5.74) is 8.72. The number of aromatic nitrogens is 2. The molecule has 0 saturated heterocycles. The number of benzene rings is 1. The largest absolute Gasteiger partial charge is 0.355 e. The summed E-state index contributed by atoms with van der Waals surface area (Å²) in [6.07, 6.45) is 3.33. The number of carbonyl (C=O) groups excluding carboxylic acids is 1. The summed E-state index contributed by atoms with van der Waals surface area (Å²) in [7, 11) is 0. The van der Waals surface area contributed by atoms with Gasteiger partial charge in [0.05, 0.1) is 17.6 Å². The van der Waals surface area contributed by atoms with Crippen molar-refractivity contribution in [3.05, 3.63) is 29.6 Å². The monoisotopic (exact) mass is 272 g/mol. The summed E-state index contributed by atoms with van der Waals surface area (Å²) >= 11 is 0. The average molecular weight is 272 g/mol. The molecule has 1 saturated carbocycles. The Hall–Kier alpha value is -1.88. The van der Waals surface area contributed by atoms with Crippen LogP contribution in [0.25, 0.3) is 11.0 Å². The first-order chi connectivity index (χ1) is 9.69. The Labute approximate surface area is 118 Å². The highest BCUT2D eigenvalue weighted by atomic mass is 16.1. The van der Waals surface area contributed by atoms with Gasteiger partial charge in [0.2, 0.25) is 5.91 Å². The summed E-state index contributed by atoms with van der Waals surface area (Å²) in [6, 6.07) is 7.04. The average Bonchev–Trinajstić information content (AvgIpc) is 3.21. The summed E-state index contributed by atoms with van der Waals surface area (Å²) < 4.78 is 2.34. The Morgan fingerprint density at radius 1 is 1.50 bits per heavy atom. The van der Waals surface area contributed by atoms with Gasteiger partial charge in [0.25, 0.3) is 0 Å². The highest BCUT2D eigenvalue weighted by Gasteiger charge is 2.26. The number of nitrogens with zero attached hydrogens (tertiary/aromatic N) is 2. The molecule has 0 radical (unpaired) electrons. The van der Waals surface area contributed by atoms with Crippen LogP contribution in [0.15, 0.2) is 18.2 Å². The zero-order chi connectivity index (χ0) is 14.1. The molecule has 20 heavy (non-hydrogen) atoms. The zero-order valence-corrected chi connectivity index (χ0v) is 11.7. The van der Waals surface area contributed by atoms with Gasteiger partial charge in [-0.15, -0.1) is 0 Å². The minimum absolute atomic E-state index is 0.0457. The van der Waals surface area contributed by atoms with Crippen LogP contribution in [0.1, 0.15) is 30.3 Å². The molecule has 3 rings (SSSR count). The molecule has 0 aliphatic heterocycles. The van der Waals surface area contributed by atoms with Crippen molar-refractivity contribution >= 4 is 16.9 Å². The molecule has 0 unspecified atom stereocenters. The van der Waals surface area contributed by atoms with E-state index in [2.05, 4.69) is 40.0 Å². The molecule has 3 N–H and O–H groups in total. The minimum Gasteiger partial charge on any atom is -0.355 e. The molecular weight excluding hydrogens is 252 g/mol. The van der Waals surface area contributed by atoms with Gasteiger partial charge >= 0.3 is 0 Å². The molecule has 0 spiro atoms. The van der Waals surface area contributed by atoms with E-state index in [9.17, 15) is 4.79 Å². The third kappa shape index (κ3) is 2.54. The lowest BCUT2D eigenvalue weighted by Crippen LogP contribution is -2.31. The quantitative estimate of drug-likeness (QED) is 0.861. The first-order valence-electron chi connectivity index (χ1n) is 7.13. The number of nitrogens with one attached hydrogen (secondary N) is 1. The molecule has 1 aromatic carbocycles. The van der Waals surface area contributed by atoms with E-state index in [1.54, 1.807) is 0 Å².